The van der Waals surface area contributed by atoms with E-state index < -0.39 is 43.6 Å². The number of ether oxygens (including phenoxy) is 1. The van der Waals surface area contributed by atoms with Crippen LogP contribution in [0.25, 0.3) is 11.3 Å². The van der Waals surface area contributed by atoms with Gasteiger partial charge in [-0.1, -0.05) is 39.2 Å². The maximum absolute atomic E-state index is 12.9. The zero-order valence-corrected chi connectivity index (χ0v) is 24.8. The summed E-state index contributed by atoms with van der Waals surface area (Å²) in [6.45, 7) is 5.49. The average molecular weight is 611 g/mol. The Balaban J connectivity index is 2.07. The molecule has 0 aliphatic heterocycles. The van der Waals surface area contributed by atoms with Crippen molar-refractivity contribution in [1.82, 2.24) is 21.0 Å². The molecular formula is C27H39N4O10P. The van der Waals surface area contributed by atoms with Crippen molar-refractivity contribution in [2.45, 2.75) is 58.9 Å². The van der Waals surface area contributed by atoms with E-state index >= 15 is 0 Å². The van der Waals surface area contributed by atoms with Crippen LogP contribution in [0.4, 0.5) is 0 Å². The molecule has 42 heavy (non-hydrogen) atoms. The maximum atomic E-state index is 12.9. The van der Waals surface area contributed by atoms with Gasteiger partial charge in [-0.25, -0.2) is 5.06 Å². The molecule has 0 spiro atoms. The fourth-order valence-corrected chi connectivity index (χ4v) is 4.65. The van der Waals surface area contributed by atoms with Crippen LogP contribution in [0.2, 0.25) is 0 Å². The zero-order chi connectivity index (χ0) is 31.3. The van der Waals surface area contributed by atoms with E-state index in [1.807, 2.05) is 6.92 Å². The Labute approximate surface area is 243 Å². The Morgan fingerprint density at radius 3 is 2.40 bits per heavy atom. The summed E-state index contributed by atoms with van der Waals surface area (Å²) in [5.41, 5.74) is 0.534. The lowest BCUT2D eigenvalue weighted by Gasteiger charge is -2.29. The van der Waals surface area contributed by atoms with E-state index in [9.17, 15) is 29.0 Å². The van der Waals surface area contributed by atoms with Gasteiger partial charge in [0.25, 0.3) is 11.8 Å². The lowest BCUT2D eigenvalue weighted by molar-refractivity contribution is -0.168. The summed E-state index contributed by atoms with van der Waals surface area (Å²) >= 11 is 0. The van der Waals surface area contributed by atoms with Gasteiger partial charge >= 0.3 is 7.60 Å². The Hall–Kier alpha value is -3.71. The van der Waals surface area contributed by atoms with Crippen molar-refractivity contribution in [3.8, 4) is 17.1 Å². The first-order valence-electron chi connectivity index (χ1n) is 13.6. The Kier molecular flexibility index (Phi) is 13.7. The van der Waals surface area contributed by atoms with Crippen LogP contribution in [0.1, 0.15) is 73.8 Å². The number of hydrogen-bond donors (Lipinski definition) is 6. The molecule has 0 fully saturated rings. The van der Waals surface area contributed by atoms with Crippen molar-refractivity contribution in [3.05, 3.63) is 41.7 Å². The zero-order valence-electron chi connectivity index (χ0n) is 23.9. The number of hydroxylamine groups is 2. The van der Waals surface area contributed by atoms with Gasteiger partial charge in [-0.3, -0.25) is 29.0 Å². The van der Waals surface area contributed by atoms with Gasteiger partial charge in [-0.2, -0.15) is 0 Å². The van der Waals surface area contributed by atoms with Crippen LogP contribution in [-0.4, -0.2) is 69.8 Å². The molecule has 0 unspecified atom stereocenters. The second kappa shape index (κ2) is 16.7. The van der Waals surface area contributed by atoms with E-state index in [-0.39, 0.29) is 42.5 Å². The predicted octanol–water partition coefficient (Wildman–Crippen LogP) is 2.84. The fraction of sp³-hybridized carbons (Fsp3) is 0.481. The first kappa shape index (κ1) is 34.5. The molecule has 2 rings (SSSR count). The monoisotopic (exact) mass is 610 g/mol. The lowest BCUT2D eigenvalue weighted by Crippen LogP contribution is -2.47. The van der Waals surface area contributed by atoms with Gasteiger partial charge in [0, 0.05) is 5.56 Å². The highest BCUT2D eigenvalue weighted by Gasteiger charge is 2.30. The number of nitrogens with one attached hydrogen (secondary N) is 3. The molecule has 15 heteroatoms. The van der Waals surface area contributed by atoms with Crippen molar-refractivity contribution in [1.29, 1.82) is 0 Å². The van der Waals surface area contributed by atoms with Crippen LogP contribution in [0.15, 0.2) is 34.7 Å². The van der Waals surface area contributed by atoms with E-state index in [2.05, 4.69) is 16.0 Å². The fourth-order valence-electron chi connectivity index (χ4n) is 4.30. The Bertz CT molecular complexity index is 1260. The summed E-state index contributed by atoms with van der Waals surface area (Å²) < 4.78 is 22.3. The van der Waals surface area contributed by atoms with Crippen LogP contribution >= 0.6 is 7.60 Å². The van der Waals surface area contributed by atoms with Crippen LogP contribution < -0.4 is 20.7 Å². The van der Waals surface area contributed by atoms with Gasteiger partial charge < -0.3 is 34.9 Å². The number of benzene rings is 1. The van der Waals surface area contributed by atoms with Crippen LogP contribution in [0.5, 0.6) is 5.75 Å². The summed E-state index contributed by atoms with van der Waals surface area (Å²) in [4.78, 5) is 67.1. The van der Waals surface area contributed by atoms with Crippen molar-refractivity contribution in [2.24, 2.45) is 5.92 Å². The van der Waals surface area contributed by atoms with Crippen molar-refractivity contribution < 1.29 is 47.9 Å². The van der Waals surface area contributed by atoms with Crippen LogP contribution in [-0.2, 0) is 14.2 Å². The molecule has 4 amide bonds. The number of hydrogen-bond acceptors (Lipinski definition) is 8. The SMILES string of the molecule is CCCCC[C@@H](C(=O)NCNC(=O)c1ccc(-c2ccc(C(=O)NCP(=O)(O)O)c(OCC)c2)o1)[C@@H](CC)N(O)C=O. The maximum Gasteiger partial charge on any atom is 0.344 e. The summed E-state index contributed by atoms with van der Waals surface area (Å²) in [6.07, 6.45) is 2.85. The predicted molar refractivity (Wildman–Crippen MR) is 152 cm³/mol. The third-order valence-corrected chi connectivity index (χ3v) is 6.95. The molecule has 2 atom stereocenters. The molecule has 232 valence electrons. The molecule has 14 nitrogen and oxygen atoms in total. The summed E-state index contributed by atoms with van der Waals surface area (Å²) in [6, 6.07) is 6.71. The minimum absolute atomic E-state index is 0.0471. The number of unbranched alkanes of at least 4 members (excludes halogenated alkanes) is 2. The largest absolute Gasteiger partial charge is 0.493 e. The minimum atomic E-state index is -4.44. The first-order chi connectivity index (χ1) is 19.9. The summed E-state index contributed by atoms with van der Waals surface area (Å²) in [7, 11) is -4.44. The highest BCUT2D eigenvalue weighted by molar-refractivity contribution is 7.51. The van der Waals surface area contributed by atoms with Gasteiger partial charge in [0.05, 0.1) is 30.8 Å². The molecule has 0 bridgehead atoms. The number of amides is 4. The van der Waals surface area contributed by atoms with Gasteiger partial charge in [0.15, 0.2) is 5.76 Å². The molecule has 0 radical (unpaired) electrons. The first-order valence-corrected chi connectivity index (χ1v) is 15.4. The molecule has 1 aromatic heterocycles. The van der Waals surface area contributed by atoms with Gasteiger partial charge in [-0.15, -0.1) is 0 Å². The Morgan fingerprint density at radius 2 is 1.79 bits per heavy atom. The lowest BCUT2D eigenvalue weighted by atomic mass is 9.90. The molecule has 0 saturated heterocycles. The van der Waals surface area contributed by atoms with E-state index in [1.165, 1.54) is 30.3 Å². The van der Waals surface area contributed by atoms with Gasteiger partial charge in [0.1, 0.15) is 17.8 Å². The Morgan fingerprint density at radius 1 is 1.05 bits per heavy atom. The molecule has 0 aliphatic rings. The number of carbonyl (C=O) groups is 4. The highest BCUT2D eigenvalue weighted by Crippen LogP contribution is 2.33. The average Bonchev–Trinajstić information content (AvgIpc) is 3.45. The molecule has 0 aliphatic carbocycles. The summed E-state index contributed by atoms with van der Waals surface area (Å²) in [5, 5.41) is 17.8. The molecule has 1 aromatic carbocycles. The van der Waals surface area contributed by atoms with Gasteiger partial charge in [-0.05, 0) is 44.0 Å². The smallest absolute Gasteiger partial charge is 0.344 e. The number of nitrogens with zero attached hydrogens (tertiary/aromatic N) is 1. The topological polar surface area (TPSA) is 208 Å². The molecule has 0 saturated carbocycles. The number of rotatable bonds is 18. The third-order valence-electron chi connectivity index (χ3n) is 6.38. The molecular weight excluding hydrogens is 571 g/mol. The number of carbonyl (C=O) groups excluding carboxylic acids is 4. The van der Waals surface area contributed by atoms with Crippen molar-refractivity contribution in [2.75, 3.05) is 19.6 Å². The standard InChI is InChI=1S/C27H39N4O10P/c1-4-7-8-9-19(21(5-2)31(36)17-32)25(33)28-15-29-27(35)23-13-12-22(41-23)18-10-11-20(24(14-18)40-6-3)26(34)30-16-42(37,38)39/h10-14,17,19,21,36H,4-9,15-16H2,1-3H3,(H,28,33)(H,29,35)(H,30,34)(H2,37,38,39)/t19-,21-/m1/s1. The van der Waals surface area contributed by atoms with E-state index in [0.717, 1.165) is 19.3 Å². The van der Waals surface area contributed by atoms with Gasteiger partial charge in [0.2, 0.25) is 12.3 Å². The quantitative estimate of drug-likeness (QED) is 0.0363. The van der Waals surface area contributed by atoms with E-state index in [0.29, 0.717) is 23.5 Å². The van der Waals surface area contributed by atoms with Crippen molar-refractivity contribution in [3.63, 3.8) is 0 Å². The molecule has 1 heterocycles. The normalized spacial score (nSPS) is 12.6. The van der Waals surface area contributed by atoms with Crippen molar-refractivity contribution >= 4 is 31.7 Å². The summed E-state index contributed by atoms with van der Waals surface area (Å²) in [5.74, 6) is -2.02. The van der Waals surface area contributed by atoms with E-state index in [1.54, 1.807) is 13.8 Å². The molecule has 2 aromatic rings. The highest BCUT2D eigenvalue weighted by atomic mass is 31.2. The second-order valence-electron chi connectivity index (χ2n) is 9.42. The molecule has 6 N–H and O–H groups in total. The van der Waals surface area contributed by atoms with Crippen LogP contribution in [0.3, 0.4) is 0 Å². The number of furan rings is 1. The minimum Gasteiger partial charge on any atom is -0.493 e. The van der Waals surface area contributed by atoms with E-state index in [4.69, 9.17) is 18.9 Å². The van der Waals surface area contributed by atoms with Crippen LogP contribution in [0, 0.1) is 5.92 Å². The third kappa shape index (κ3) is 10.3. The second-order valence-corrected chi connectivity index (χ2v) is 11.1.